The van der Waals surface area contributed by atoms with E-state index in [2.05, 4.69) is 10.3 Å². The van der Waals surface area contributed by atoms with Gasteiger partial charge in [-0.25, -0.2) is 9.37 Å². The zero-order valence-corrected chi connectivity index (χ0v) is 11.9. The third kappa shape index (κ3) is 3.81. The Morgan fingerprint density at radius 1 is 1.40 bits per heavy atom. The van der Waals surface area contributed by atoms with E-state index in [1.807, 2.05) is 24.6 Å². The second kappa shape index (κ2) is 7.05. The fourth-order valence-electron chi connectivity index (χ4n) is 1.95. The summed E-state index contributed by atoms with van der Waals surface area (Å²) in [6.45, 7) is 6.14. The number of benzene rings is 1. The first-order valence-corrected chi connectivity index (χ1v) is 6.82. The molecule has 0 aliphatic rings. The minimum Gasteiger partial charge on any atom is -0.382 e. The maximum absolute atomic E-state index is 13.7. The van der Waals surface area contributed by atoms with Gasteiger partial charge < -0.3 is 14.6 Å². The lowest BCUT2D eigenvalue weighted by Crippen LogP contribution is -2.06. The molecule has 108 valence electrons. The van der Waals surface area contributed by atoms with E-state index in [0.717, 1.165) is 25.1 Å². The number of ether oxygens (including phenoxy) is 1. The van der Waals surface area contributed by atoms with Gasteiger partial charge in [-0.1, -0.05) is 6.07 Å². The SMILES string of the molecule is CCOCCCn1ccnc1Nc1cc(C)ccc1F. The van der Waals surface area contributed by atoms with Crippen molar-refractivity contribution in [2.75, 3.05) is 18.5 Å². The van der Waals surface area contributed by atoms with Crippen LogP contribution in [0.5, 0.6) is 0 Å². The highest BCUT2D eigenvalue weighted by Gasteiger charge is 2.07. The molecule has 1 heterocycles. The molecule has 0 amide bonds. The highest BCUT2D eigenvalue weighted by Crippen LogP contribution is 2.20. The molecule has 0 aliphatic carbocycles. The van der Waals surface area contributed by atoms with E-state index in [9.17, 15) is 4.39 Å². The Balaban J connectivity index is 2.02. The number of halogens is 1. The molecule has 0 spiro atoms. The molecule has 2 aromatic rings. The Morgan fingerprint density at radius 3 is 3.05 bits per heavy atom. The van der Waals surface area contributed by atoms with Gasteiger partial charge in [-0.2, -0.15) is 0 Å². The molecular formula is C15H20FN3O. The summed E-state index contributed by atoms with van der Waals surface area (Å²) in [6, 6.07) is 4.98. The van der Waals surface area contributed by atoms with E-state index < -0.39 is 0 Å². The number of imidazole rings is 1. The lowest BCUT2D eigenvalue weighted by atomic mass is 10.2. The molecule has 0 fully saturated rings. The number of hydrogen-bond donors (Lipinski definition) is 1. The number of anilines is 2. The summed E-state index contributed by atoms with van der Waals surface area (Å²) in [7, 11) is 0. The quantitative estimate of drug-likeness (QED) is 0.787. The first-order valence-electron chi connectivity index (χ1n) is 6.82. The molecule has 1 N–H and O–H groups in total. The van der Waals surface area contributed by atoms with E-state index in [4.69, 9.17) is 4.74 Å². The van der Waals surface area contributed by atoms with Crippen LogP contribution in [-0.4, -0.2) is 22.8 Å². The van der Waals surface area contributed by atoms with Crippen molar-refractivity contribution >= 4 is 11.6 Å². The van der Waals surface area contributed by atoms with E-state index in [1.54, 1.807) is 18.3 Å². The van der Waals surface area contributed by atoms with Gasteiger partial charge in [0.25, 0.3) is 0 Å². The number of nitrogens with zero attached hydrogens (tertiary/aromatic N) is 2. The average molecular weight is 277 g/mol. The van der Waals surface area contributed by atoms with Gasteiger partial charge in [-0.05, 0) is 38.0 Å². The number of aromatic nitrogens is 2. The fourth-order valence-corrected chi connectivity index (χ4v) is 1.95. The molecule has 4 nitrogen and oxygen atoms in total. The van der Waals surface area contributed by atoms with Crippen LogP contribution >= 0.6 is 0 Å². The molecule has 2 rings (SSSR count). The molecule has 0 radical (unpaired) electrons. The second-order valence-electron chi connectivity index (χ2n) is 4.60. The Labute approximate surface area is 118 Å². The van der Waals surface area contributed by atoms with Crippen LogP contribution in [0.1, 0.15) is 18.9 Å². The van der Waals surface area contributed by atoms with Crippen molar-refractivity contribution in [3.63, 3.8) is 0 Å². The van der Waals surface area contributed by atoms with Crippen LogP contribution in [0, 0.1) is 12.7 Å². The highest BCUT2D eigenvalue weighted by molar-refractivity contribution is 5.55. The Kier molecular flexibility index (Phi) is 5.12. The van der Waals surface area contributed by atoms with Gasteiger partial charge in [0.05, 0.1) is 5.69 Å². The molecule has 1 aromatic heterocycles. The Morgan fingerprint density at radius 2 is 2.25 bits per heavy atom. The van der Waals surface area contributed by atoms with Crippen LogP contribution in [0.2, 0.25) is 0 Å². The van der Waals surface area contributed by atoms with E-state index in [-0.39, 0.29) is 5.82 Å². The molecule has 1 aromatic carbocycles. The summed E-state index contributed by atoms with van der Waals surface area (Å²) in [5.41, 5.74) is 1.45. The molecule has 0 bridgehead atoms. The molecule has 0 aliphatic heterocycles. The number of nitrogens with one attached hydrogen (secondary N) is 1. The predicted molar refractivity (Wildman–Crippen MR) is 77.8 cm³/mol. The molecule has 0 saturated carbocycles. The minimum absolute atomic E-state index is 0.278. The summed E-state index contributed by atoms with van der Waals surface area (Å²) >= 11 is 0. The van der Waals surface area contributed by atoms with Crippen molar-refractivity contribution in [2.24, 2.45) is 0 Å². The minimum atomic E-state index is -0.278. The van der Waals surface area contributed by atoms with Crippen LogP contribution in [0.15, 0.2) is 30.6 Å². The van der Waals surface area contributed by atoms with Gasteiger partial charge >= 0.3 is 0 Å². The van der Waals surface area contributed by atoms with Crippen molar-refractivity contribution < 1.29 is 9.13 Å². The zero-order valence-electron chi connectivity index (χ0n) is 11.9. The summed E-state index contributed by atoms with van der Waals surface area (Å²) in [6.07, 6.45) is 4.48. The average Bonchev–Trinajstić information content (AvgIpc) is 2.86. The maximum Gasteiger partial charge on any atom is 0.207 e. The van der Waals surface area contributed by atoms with Crippen molar-refractivity contribution in [3.8, 4) is 0 Å². The molecule has 0 unspecified atom stereocenters. The van der Waals surface area contributed by atoms with E-state index >= 15 is 0 Å². The monoisotopic (exact) mass is 277 g/mol. The van der Waals surface area contributed by atoms with Crippen LogP contribution < -0.4 is 5.32 Å². The largest absolute Gasteiger partial charge is 0.382 e. The first-order chi connectivity index (χ1) is 9.70. The van der Waals surface area contributed by atoms with Gasteiger partial charge in [-0.3, -0.25) is 0 Å². The van der Waals surface area contributed by atoms with Gasteiger partial charge in [0.1, 0.15) is 5.82 Å². The van der Waals surface area contributed by atoms with Crippen molar-refractivity contribution in [2.45, 2.75) is 26.8 Å². The first kappa shape index (κ1) is 14.5. The summed E-state index contributed by atoms with van der Waals surface area (Å²) in [4.78, 5) is 4.23. The van der Waals surface area contributed by atoms with Gasteiger partial charge in [0, 0.05) is 32.2 Å². The molecule has 0 atom stereocenters. The van der Waals surface area contributed by atoms with Crippen molar-refractivity contribution in [3.05, 3.63) is 42.0 Å². The molecule has 5 heteroatoms. The summed E-state index contributed by atoms with van der Waals surface area (Å²) in [5.74, 6) is 0.366. The molecule has 20 heavy (non-hydrogen) atoms. The normalized spacial score (nSPS) is 10.8. The second-order valence-corrected chi connectivity index (χ2v) is 4.60. The number of hydrogen-bond acceptors (Lipinski definition) is 3. The van der Waals surface area contributed by atoms with Gasteiger partial charge in [-0.15, -0.1) is 0 Å². The summed E-state index contributed by atoms with van der Waals surface area (Å²) in [5, 5.41) is 3.04. The summed E-state index contributed by atoms with van der Waals surface area (Å²) < 4.78 is 21.0. The highest BCUT2D eigenvalue weighted by atomic mass is 19.1. The molecule has 0 saturated heterocycles. The maximum atomic E-state index is 13.7. The lowest BCUT2D eigenvalue weighted by Gasteiger charge is -2.11. The van der Waals surface area contributed by atoms with Crippen LogP contribution in [0.3, 0.4) is 0 Å². The number of rotatable bonds is 7. The number of aryl methyl sites for hydroxylation is 2. The van der Waals surface area contributed by atoms with E-state index in [0.29, 0.717) is 18.2 Å². The topological polar surface area (TPSA) is 39.1 Å². The third-order valence-electron chi connectivity index (χ3n) is 2.98. The smallest absolute Gasteiger partial charge is 0.207 e. The standard InChI is InChI=1S/C15H20FN3O/c1-3-20-10-4-8-19-9-7-17-15(19)18-14-11-12(2)5-6-13(14)16/h5-7,9,11H,3-4,8,10H2,1-2H3,(H,17,18). The Bertz CT molecular complexity index is 554. The van der Waals surface area contributed by atoms with E-state index in [1.165, 1.54) is 6.07 Å². The van der Waals surface area contributed by atoms with Crippen molar-refractivity contribution in [1.82, 2.24) is 9.55 Å². The van der Waals surface area contributed by atoms with Crippen LogP contribution in [0.25, 0.3) is 0 Å². The predicted octanol–water partition coefficient (Wildman–Crippen LogP) is 3.50. The Hall–Kier alpha value is -1.88. The van der Waals surface area contributed by atoms with Gasteiger partial charge in [0.2, 0.25) is 5.95 Å². The lowest BCUT2D eigenvalue weighted by molar-refractivity contribution is 0.142. The fraction of sp³-hybridized carbons (Fsp3) is 0.400. The van der Waals surface area contributed by atoms with Crippen molar-refractivity contribution in [1.29, 1.82) is 0 Å². The molecular weight excluding hydrogens is 257 g/mol. The van der Waals surface area contributed by atoms with Crippen LogP contribution in [0.4, 0.5) is 16.0 Å². The zero-order chi connectivity index (χ0) is 14.4. The third-order valence-corrected chi connectivity index (χ3v) is 2.98. The van der Waals surface area contributed by atoms with Gasteiger partial charge in [0.15, 0.2) is 0 Å². The van der Waals surface area contributed by atoms with Crippen LogP contribution in [-0.2, 0) is 11.3 Å².